The zero-order valence-corrected chi connectivity index (χ0v) is 11.9. The molecule has 0 bridgehead atoms. The van der Waals surface area contributed by atoms with Crippen molar-refractivity contribution in [1.82, 2.24) is 4.98 Å². The third kappa shape index (κ3) is 2.49. The molecule has 0 unspecified atom stereocenters. The van der Waals surface area contributed by atoms with Crippen LogP contribution in [-0.4, -0.2) is 16.7 Å². The van der Waals surface area contributed by atoms with E-state index in [4.69, 9.17) is 0 Å². The van der Waals surface area contributed by atoms with Crippen molar-refractivity contribution in [3.05, 3.63) is 46.5 Å². The van der Waals surface area contributed by atoms with Crippen molar-refractivity contribution in [2.24, 2.45) is 0 Å². The SMILES string of the molecule is CC(=O)Nc1nc2c(s1)C(=O)C[C@@H](c1ccccc1)C2. The Labute approximate surface area is 120 Å². The summed E-state index contributed by atoms with van der Waals surface area (Å²) in [4.78, 5) is 28.4. The van der Waals surface area contributed by atoms with Gasteiger partial charge in [0, 0.05) is 13.3 Å². The molecule has 0 saturated carbocycles. The molecule has 5 heteroatoms. The number of hydrogen-bond acceptors (Lipinski definition) is 4. The van der Waals surface area contributed by atoms with Gasteiger partial charge in [0.2, 0.25) is 5.91 Å². The molecule has 1 aliphatic carbocycles. The first-order valence-corrected chi connectivity index (χ1v) is 7.30. The molecule has 1 aromatic heterocycles. The van der Waals surface area contributed by atoms with Crippen LogP contribution in [0.2, 0.25) is 0 Å². The highest BCUT2D eigenvalue weighted by Crippen LogP contribution is 2.36. The number of nitrogens with zero attached hydrogens (tertiary/aromatic N) is 1. The molecule has 1 aromatic carbocycles. The van der Waals surface area contributed by atoms with Crippen molar-refractivity contribution < 1.29 is 9.59 Å². The maximum atomic E-state index is 12.2. The van der Waals surface area contributed by atoms with Crippen molar-refractivity contribution in [3.63, 3.8) is 0 Å². The molecule has 0 aliphatic heterocycles. The molecule has 1 amide bonds. The molecule has 3 rings (SSSR count). The molecule has 20 heavy (non-hydrogen) atoms. The minimum Gasteiger partial charge on any atom is -0.302 e. The van der Waals surface area contributed by atoms with E-state index in [1.807, 2.05) is 30.3 Å². The van der Waals surface area contributed by atoms with E-state index in [1.54, 1.807) is 0 Å². The Bertz CT molecular complexity index is 664. The van der Waals surface area contributed by atoms with Crippen molar-refractivity contribution in [3.8, 4) is 0 Å². The minimum atomic E-state index is -0.164. The number of thiazole rings is 1. The van der Waals surface area contributed by atoms with Crippen LogP contribution in [-0.2, 0) is 11.2 Å². The number of ketones is 1. The lowest BCUT2D eigenvalue weighted by atomic mass is 9.85. The third-order valence-electron chi connectivity index (χ3n) is 3.38. The summed E-state index contributed by atoms with van der Waals surface area (Å²) in [6.45, 7) is 1.44. The number of nitrogens with one attached hydrogen (secondary N) is 1. The Morgan fingerprint density at radius 2 is 2.05 bits per heavy atom. The maximum Gasteiger partial charge on any atom is 0.223 e. The normalized spacial score (nSPS) is 17.6. The fourth-order valence-corrected chi connectivity index (χ4v) is 3.48. The fraction of sp³-hybridized carbons (Fsp3) is 0.267. The van der Waals surface area contributed by atoms with E-state index in [1.165, 1.54) is 23.8 Å². The summed E-state index contributed by atoms with van der Waals surface area (Å²) in [5.41, 5.74) is 1.98. The summed E-state index contributed by atoms with van der Waals surface area (Å²) < 4.78 is 0. The standard InChI is InChI=1S/C15H14N2O2S/c1-9(18)16-15-17-12-7-11(8-13(19)14(12)20-15)10-5-3-2-4-6-10/h2-6,11H,7-8H2,1H3,(H,16,17,18)/t11-/m0/s1. The first kappa shape index (κ1) is 13.0. The van der Waals surface area contributed by atoms with Gasteiger partial charge in [-0.1, -0.05) is 41.7 Å². The molecular weight excluding hydrogens is 272 g/mol. The summed E-state index contributed by atoms with van der Waals surface area (Å²) in [7, 11) is 0. The molecule has 0 spiro atoms. The van der Waals surface area contributed by atoms with Gasteiger partial charge in [0.15, 0.2) is 10.9 Å². The van der Waals surface area contributed by atoms with Gasteiger partial charge in [-0.3, -0.25) is 9.59 Å². The molecule has 0 radical (unpaired) electrons. The molecule has 2 aromatic rings. The monoisotopic (exact) mass is 286 g/mol. The molecule has 1 aliphatic rings. The van der Waals surface area contributed by atoms with Gasteiger partial charge in [-0.25, -0.2) is 4.98 Å². The second kappa shape index (κ2) is 5.17. The van der Waals surface area contributed by atoms with Crippen LogP contribution in [0.15, 0.2) is 30.3 Å². The Morgan fingerprint density at radius 3 is 2.75 bits per heavy atom. The molecule has 4 nitrogen and oxygen atoms in total. The number of rotatable bonds is 2. The zero-order chi connectivity index (χ0) is 14.1. The number of benzene rings is 1. The lowest BCUT2D eigenvalue weighted by Crippen LogP contribution is -2.17. The van der Waals surface area contributed by atoms with E-state index >= 15 is 0 Å². The van der Waals surface area contributed by atoms with Crippen LogP contribution in [0.3, 0.4) is 0 Å². The predicted molar refractivity (Wildman–Crippen MR) is 78.3 cm³/mol. The number of anilines is 1. The second-order valence-corrected chi connectivity index (χ2v) is 5.91. The van der Waals surface area contributed by atoms with Crippen LogP contribution in [0.1, 0.15) is 40.2 Å². The third-order valence-corrected chi connectivity index (χ3v) is 4.43. The average Bonchev–Trinajstić information content (AvgIpc) is 2.82. The summed E-state index contributed by atoms with van der Waals surface area (Å²) in [5, 5.41) is 3.17. The number of carbonyl (C=O) groups excluding carboxylic acids is 2. The van der Waals surface area contributed by atoms with E-state index < -0.39 is 0 Å². The summed E-state index contributed by atoms with van der Waals surface area (Å²) in [6.07, 6.45) is 1.26. The van der Waals surface area contributed by atoms with Crippen LogP contribution < -0.4 is 5.32 Å². The number of Topliss-reactive ketones (excluding diaryl/α,β-unsaturated/α-hetero) is 1. The van der Waals surface area contributed by atoms with Crippen LogP contribution in [0.4, 0.5) is 5.13 Å². The predicted octanol–water partition coefficient (Wildman–Crippen LogP) is 3.01. The van der Waals surface area contributed by atoms with E-state index in [2.05, 4.69) is 10.3 Å². The molecule has 1 N–H and O–H groups in total. The van der Waals surface area contributed by atoms with Crippen molar-refractivity contribution in [2.75, 3.05) is 5.32 Å². The smallest absolute Gasteiger partial charge is 0.223 e. The van der Waals surface area contributed by atoms with Gasteiger partial charge in [-0.2, -0.15) is 0 Å². The number of hydrogen-bond donors (Lipinski definition) is 1. The number of carbonyl (C=O) groups is 2. The topological polar surface area (TPSA) is 59.1 Å². The van der Waals surface area contributed by atoms with Crippen LogP contribution in [0.5, 0.6) is 0 Å². The minimum absolute atomic E-state index is 0.120. The highest BCUT2D eigenvalue weighted by molar-refractivity contribution is 7.17. The number of fused-ring (bicyclic) bond motifs is 1. The van der Waals surface area contributed by atoms with E-state index in [-0.39, 0.29) is 17.6 Å². The zero-order valence-electron chi connectivity index (χ0n) is 11.1. The lowest BCUT2D eigenvalue weighted by molar-refractivity contribution is -0.114. The van der Waals surface area contributed by atoms with E-state index in [9.17, 15) is 9.59 Å². The van der Waals surface area contributed by atoms with Crippen molar-refractivity contribution in [1.29, 1.82) is 0 Å². The Kier molecular flexibility index (Phi) is 3.36. The molecule has 102 valence electrons. The highest BCUT2D eigenvalue weighted by atomic mass is 32.1. The highest BCUT2D eigenvalue weighted by Gasteiger charge is 2.29. The largest absolute Gasteiger partial charge is 0.302 e. The van der Waals surface area contributed by atoms with E-state index in [0.29, 0.717) is 16.4 Å². The molecule has 0 saturated heterocycles. The second-order valence-electron chi connectivity index (χ2n) is 4.92. The Morgan fingerprint density at radius 1 is 1.30 bits per heavy atom. The number of aromatic nitrogens is 1. The quantitative estimate of drug-likeness (QED) is 0.923. The Hall–Kier alpha value is -2.01. The van der Waals surface area contributed by atoms with Gasteiger partial charge in [0.05, 0.1) is 10.6 Å². The summed E-state index contributed by atoms with van der Waals surface area (Å²) >= 11 is 1.28. The average molecular weight is 286 g/mol. The van der Waals surface area contributed by atoms with Gasteiger partial charge in [0.25, 0.3) is 0 Å². The van der Waals surface area contributed by atoms with Gasteiger partial charge >= 0.3 is 0 Å². The van der Waals surface area contributed by atoms with Crippen molar-refractivity contribution >= 4 is 28.2 Å². The molecule has 0 fully saturated rings. The molecule has 1 heterocycles. The first-order valence-electron chi connectivity index (χ1n) is 6.49. The number of amides is 1. The van der Waals surface area contributed by atoms with Gasteiger partial charge in [0.1, 0.15) is 0 Å². The van der Waals surface area contributed by atoms with Gasteiger partial charge < -0.3 is 5.32 Å². The van der Waals surface area contributed by atoms with Gasteiger partial charge in [-0.15, -0.1) is 0 Å². The van der Waals surface area contributed by atoms with Crippen molar-refractivity contribution in [2.45, 2.75) is 25.7 Å². The first-order chi connectivity index (χ1) is 9.63. The van der Waals surface area contributed by atoms with Crippen LogP contribution >= 0.6 is 11.3 Å². The molecular formula is C15H14N2O2S. The van der Waals surface area contributed by atoms with Gasteiger partial charge in [-0.05, 0) is 17.9 Å². The Balaban J connectivity index is 1.89. The summed E-state index contributed by atoms with van der Waals surface area (Å²) in [5.74, 6) is 0.140. The summed E-state index contributed by atoms with van der Waals surface area (Å²) in [6, 6.07) is 10.0. The lowest BCUT2D eigenvalue weighted by Gasteiger charge is -2.20. The van der Waals surface area contributed by atoms with E-state index in [0.717, 1.165) is 12.1 Å². The fourth-order valence-electron chi connectivity index (χ4n) is 2.49. The van der Waals surface area contributed by atoms with Crippen LogP contribution in [0.25, 0.3) is 0 Å². The van der Waals surface area contributed by atoms with Crippen LogP contribution in [0, 0.1) is 0 Å². The maximum absolute atomic E-state index is 12.2. The molecule has 1 atom stereocenters.